The van der Waals surface area contributed by atoms with Gasteiger partial charge in [-0.25, -0.2) is 0 Å². The third kappa shape index (κ3) is 3.61. The van der Waals surface area contributed by atoms with Gasteiger partial charge in [0.15, 0.2) is 5.60 Å². The summed E-state index contributed by atoms with van der Waals surface area (Å²) in [6.45, 7) is 3.95. The largest absolute Gasteiger partial charge is 0.375 e. The van der Waals surface area contributed by atoms with Crippen molar-refractivity contribution in [3.8, 4) is 0 Å². The number of hydrogen-bond donors (Lipinski definition) is 1. The number of rotatable bonds is 8. The second-order valence-corrected chi connectivity index (χ2v) is 7.15. The highest BCUT2D eigenvalue weighted by Gasteiger charge is 2.51. The van der Waals surface area contributed by atoms with Crippen molar-refractivity contribution >= 4 is 40.6 Å². The van der Waals surface area contributed by atoms with Gasteiger partial charge in [-0.15, -0.1) is 0 Å². The van der Waals surface area contributed by atoms with Crippen LogP contribution in [0.2, 0.25) is 10.0 Å². The monoisotopic (exact) mass is 371 g/mol. The molecule has 6 heteroatoms. The topological polar surface area (TPSA) is 57.6 Å². The maximum absolute atomic E-state index is 12.8. The second-order valence-electron chi connectivity index (χ2n) is 6.37. The lowest BCUT2D eigenvalue weighted by molar-refractivity contribution is -0.141. The lowest BCUT2D eigenvalue weighted by Crippen LogP contribution is -2.42. The van der Waals surface area contributed by atoms with Crippen LogP contribution in [0.3, 0.4) is 0 Å². The molecule has 132 valence electrons. The molecule has 1 aliphatic heterocycles. The van der Waals surface area contributed by atoms with Crippen LogP contribution in [0.5, 0.6) is 0 Å². The predicted octanol–water partition coefficient (Wildman–Crippen LogP) is 4.48. The molecule has 0 bridgehead atoms. The molecule has 0 aliphatic carbocycles. The smallest absolute Gasteiger partial charge is 0.264 e. The van der Waals surface area contributed by atoms with E-state index >= 15 is 0 Å². The van der Waals surface area contributed by atoms with E-state index in [2.05, 4.69) is 6.92 Å². The van der Waals surface area contributed by atoms with Crippen LogP contribution in [-0.2, 0) is 15.2 Å². The van der Waals surface area contributed by atoms with Gasteiger partial charge in [0.05, 0.1) is 15.7 Å². The van der Waals surface area contributed by atoms with Crippen molar-refractivity contribution in [2.75, 3.05) is 11.4 Å². The van der Waals surface area contributed by atoms with E-state index in [4.69, 9.17) is 23.2 Å². The molecule has 0 spiro atoms. The molecular weight excluding hydrogens is 349 g/mol. The molecule has 24 heavy (non-hydrogen) atoms. The van der Waals surface area contributed by atoms with Crippen molar-refractivity contribution in [1.82, 2.24) is 0 Å². The number of hydrogen-bond acceptors (Lipinski definition) is 3. The summed E-state index contributed by atoms with van der Waals surface area (Å²) in [4.78, 5) is 25.9. The van der Waals surface area contributed by atoms with Crippen LogP contribution >= 0.6 is 23.2 Å². The molecule has 4 nitrogen and oxygen atoms in total. The van der Waals surface area contributed by atoms with Gasteiger partial charge in [-0.3, -0.25) is 9.59 Å². The first-order valence-electron chi connectivity index (χ1n) is 8.35. The number of Topliss-reactive ketones (excluding diaryl/α,β-unsaturated/α-hetero) is 1. The fourth-order valence-electron chi connectivity index (χ4n) is 3.20. The summed E-state index contributed by atoms with van der Waals surface area (Å²) in [6.07, 6.45) is 4.95. The van der Waals surface area contributed by atoms with Crippen LogP contribution in [0.25, 0.3) is 0 Å². The van der Waals surface area contributed by atoms with Gasteiger partial charge in [0, 0.05) is 18.5 Å². The van der Waals surface area contributed by atoms with E-state index in [1.165, 1.54) is 11.8 Å². The third-order valence-electron chi connectivity index (χ3n) is 4.37. The number of carbonyl (C=O) groups excluding carboxylic acids is 2. The summed E-state index contributed by atoms with van der Waals surface area (Å²) in [5.74, 6) is -0.750. The second kappa shape index (κ2) is 7.85. The van der Waals surface area contributed by atoms with Gasteiger partial charge in [0.25, 0.3) is 5.91 Å². The number of anilines is 1. The van der Waals surface area contributed by atoms with Gasteiger partial charge in [-0.05, 0) is 19.4 Å². The van der Waals surface area contributed by atoms with Crippen molar-refractivity contribution in [3.05, 3.63) is 27.7 Å². The van der Waals surface area contributed by atoms with Gasteiger partial charge >= 0.3 is 0 Å². The highest BCUT2D eigenvalue weighted by Crippen LogP contribution is 2.48. The van der Waals surface area contributed by atoms with Crippen LogP contribution < -0.4 is 4.90 Å². The summed E-state index contributed by atoms with van der Waals surface area (Å²) in [6, 6.07) is 3.13. The van der Waals surface area contributed by atoms with E-state index in [1.54, 1.807) is 12.1 Å². The van der Waals surface area contributed by atoms with Crippen LogP contribution in [-0.4, -0.2) is 23.3 Å². The van der Waals surface area contributed by atoms with Crippen molar-refractivity contribution in [1.29, 1.82) is 0 Å². The Morgan fingerprint density at radius 3 is 2.50 bits per heavy atom. The zero-order chi connectivity index (χ0) is 17.9. The van der Waals surface area contributed by atoms with E-state index in [0.29, 0.717) is 22.8 Å². The maximum Gasteiger partial charge on any atom is 0.264 e. The molecule has 2 rings (SSSR count). The molecule has 1 aromatic rings. The predicted molar refractivity (Wildman–Crippen MR) is 96.8 cm³/mol. The molecule has 0 saturated carbocycles. The number of unbranched alkanes of at least 4 members (excludes halogenated alkanes) is 4. The number of fused-ring (bicyclic) bond motifs is 1. The van der Waals surface area contributed by atoms with E-state index in [1.807, 2.05) is 0 Å². The summed E-state index contributed by atoms with van der Waals surface area (Å²) >= 11 is 12.4. The van der Waals surface area contributed by atoms with Gasteiger partial charge in [-0.2, -0.15) is 0 Å². The molecule has 1 amide bonds. The molecule has 0 radical (unpaired) electrons. The van der Waals surface area contributed by atoms with E-state index < -0.39 is 11.5 Å². The third-order valence-corrected chi connectivity index (χ3v) is 5.17. The number of benzene rings is 1. The number of ketones is 1. The minimum Gasteiger partial charge on any atom is -0.375 e. The Labute approximate surface area is 152 Å². The zero-order valence-corrected chi connectivity index (χ0v) is 15.6. The Bertz CT molecular complexity index is 647. The summed E-state index contributed by atoms with van der Waals surface area (Å²) in [7, 11) is 0. The molecular formula is C18H23Cl2NO3. The van der Waals surface area contributed by atoms with Gasteiger partial charge in [0.2, 0.25) is 0 Å². The first kappa shape index (κ1) is 19.2. The number of amides is 1. The average Bonchev–Trinajstić information content (AvgIpc) is 2.72. The molecule has 0 aromatic heterocycles. The van der Waals surface area contributed by atoms with Crippen molar-refractivity contribution < 1.29 is 14.7 Å². The molecule has 1 atom stereocenters. The molecule has 1 aromatic carbocycles. The number of carbonyl (C=O) groups is 2. The molecule has 1 unspecified atom stereocenters. The fourth-order valence-corrected chi connectivity index (χ4v) is 3.61. The Morgan fingerprint density at radius 2 is 1.88 bits per heavy atom. The zero-order valence-electron chi connectivity index (χ0n) is 14.1. The number of aliphatic hydroxyl groups is 1. The molecule has 1 aliphatic rings. The van der Waals surface area contributed by atoms with Crippen molar-refractivity contribution in [2.24, 2.45) is 0 Å². The SMILES string of the molecule is CCCCCCCN1C(=O)C(O)(CC(C)=O)c2ccc(Cl)c(Cl)c21. The highest BCUT2D eigenvalue weighted by atomic mass is 35.5. The van der Waals surface area contributed by atoms with E-state index in [9.17, 15) is 14.7 Å². The van der Waals surface area contributed by atoms with Crippen LogP contribution in [0, 0.1) is 0 Å². The van der Waals surface area contributed by atoms with Crippen molar-refractivity contribution in [3.63, 3.8) is 0 Å². The van der Waals surface area contributed by atoms with Gasteiger partial charge in [-0.1, -0.05) is 61.9 Å². The number of nitrogens with zero attached hydrogens (tertiary/aromatic N) is 1. The highest BCUT2D eigenvalue weighted by molar-refractivity contribution is 6.44. The lowest BCUT2D eigenvalue weighted by atomic mass is 9.90. The Hall–Kier alpha value is -1.10. The lowest BCUT2D eigenvalue weighted by Gasteiger charge is -2.22. The number of halogens is 2. The van der Waals surface area contributed by atoms with Crippen LogP contribution in [0.15, 0.2) is 12.1 Å². The van der Waals surface area contributed by atoms with Crippen LogP contribution in [0.4, 0.5) is 5.69 Å². The summed E-state index contributed by atoms with van der Waals surface area (Å²) in [5.41, 5.74) is -1.04. The van der Waals surface area contributed by atoms with Crippen molar-refractivity contribution in [2.45, 2.75) is 58.0 Å². The summed E-state index contributed by atoms with van der Waals surface area (Å²) < 4.78 is 0. The standard InChI is InChI=1S/C18H23Cl2NO3/c1-3-4-5-6-7-10-21-16-13(8-9-14(19)15(16)20)18(24,17(21)23)11-12(2)22/h8-9,24H,3-7,10-11H2,1-2H3. The quantitative estimate of drug-likeness (QED) is 0.685. The molecule has 1 N–H and O–H groups in total. The normalized spacial score (nSPS) is 19.7. The van der Waals surface area contributed by atoms with Gasteiger partial charge in [0.1, 0.15) is 5.78 Å². The first-order valence-corrected chi connectivity index (χ1v) is 9.10. The minimum atomic E-state index is -1.85. The molecule has 1 heterocycles. The van der Waals surface area contributed by atoms with Gasteiger partial charge < -0.3 is 10.0 Å². The van der Waals surface area contributed by atoms with E-state index in [-0.39, 0.29) is 17.2 Å². The van der Waals surface area contributed by atoms with E-state index in [0.717, 1.165) is 32.1 Å². The fraction of sp³-hybridized carbons (Fsp3) is 0.556. The minimum absolute atomic E-state index is 0.246. The molecule has 0 saturated heterocycles. The summed E-state index contributed by atoms with van der Waals surface area (Å²) in [5, 5.41) is 11.5. The first-order chi connectivity index (χ1) is 11.3. The Kier molecular flexibility index (Phi) is 6.29. The maximum atomic E-state index is 12.8. The van der Waals surface area contributed by atoms with Crippen LogP contribution in [0.1, 0.15) is 57.9 Å². The molecule has 0 fully saturated rings. The Morgan fingerprint density at radius 1 is 1.21 bits per heavy atom. The Balaban J connectivity index is 2.31. The average molecular weight is 372 g/mol.